The van der Waals surface area contributed by atoms with E-state index in [1.807, 2.05) is 13.0 Å². The second kappa shape index (κ2) is 5.63. The zero-order chi connectivity index (χ0) is 12.3. The van der Waals surface area contributed by atoms with E-state index in [4.69, 9.17) is 0 Å². The van der Waals surface area contributed by atoms with Gasteiger partial charge >= 0.3 is 0 Å². The maximum Gasteiger partial charge on any atom is 0.126 e. The summed E-state index contributed by atoms with van der Waals surface area (Å²) in [5.74, 6) is 0.419. The summed E-state index contributed by atoms with van der Waals surface area (Å²) in [7, 11) is 0. The second-order valence-corrected chi connectivity index (χ2v) is 5.06. The molecule has 1 aromatic rings. The Morgan fingerprint density at radius 1 is 1.29 bits per heavy atom. The first kappa shape index (κ1) is 12.6. The largest absolute Gasteiger partial charge is 0.314 e. The highest BCUT2D eigenvalue weighted by Crippen LogP contribution is 2.33. The highest BCUT2D eigenvalue weighted by molar-refractivity contribution is 5.27. The Morgan fingerprint density at radius 2 is 2.06 bits per heavy atom. The van der Waals surface area contributed by atoms with E-state index >= 15 is 0 Å². The number of benzene rings is 1. The first-order valence-corrected chi connectivity index (χ1v) is 6.71. The van der Waals surface area contributed by atoms with Crippen LogP contribution in [0.25, 0.3) is 0 Å². The van der Waals surface area contributed by atoms with Gasteiger partial charge in [0.2, 0.25) is 0 Å². The minimum Gasteiger partial charge on any atom is -0.314 e. The van der Waals surface area contributed by atoms with Crippen LogP contribution in [0.5, 0.6) is 0 Å². The summed E-state index contributed by atoms with van der Waals surface area (Å²) < 4.78 is 13.6. The molecule has 0 bridgehead atoms. The fourth-order valence-electron chi connectivity index (χ4n) is 2.88. The Hall–Kier alpha value is -0.890. The Bertz CT molecular complexity index is 373. The van der Waals surface area contributed by atoms with Crippen LogP contribution < -0.4 is 5.32 Å². The fraction of sp³-hybridized carbons (Fsp3) is 0.600. The maximum atomic E-state index is 13.6. The molecule has 1 aliphatic carbocycles. The molecule has 1 nitrogen and oxygen atoms in total. The molecule has 0 heterocycles. The van der Waals surface area contributed by atoms with E-state index in [9.17, 15) is 4.39 Å². The van der Waals surface area contributed by atoms with E-state index in [1.54, 1.807) is 6.07 Å². The van der Waals surface area contributed by atoms with Gasteiger partial charge in [-0.1, -0.05) is 31.9 Å². The van der Waals surface area contributed by atoms with E-state index in [1.165, 1.54) is 31.2 Å². The van der Waals surface area contributed by atoms with Crippen molar-refractivity contribution in [3.63, 3.8) is 0 Å². The average Bonchev–Trinajstić information content (AvgIpc) is 2.34. The summed E-state index contributed by atoms with van der Waals surface area (Å²) in [4.78, 5) is 0. The highest BCUT2D eigenvalue weighted by atomic mass is 19.1. The molecule has 2 rings (SSSR count). The molecule has 0 amide bonds. The monoisotopic (exact) mass is 235 g/mol. The van der Waals surface area contributed by atoms with Gasteiger partial charge in [0.15, 0.2) is 0 Å². The summed E-state index contributed by atoms with van der Waals surface area (Å²) in [5, 5.41) is 3.54. The van der Waals surface area contributed by atoms with Crippen LogP contribution in [0.1, 0.15) is 49.7 Å². The Labute approximate surface area is 103 Å². The molecule has 1 aromatic carbocycles. The number of nitrogens with one attached hydrogen (secondary N) is 1. The van der Waals surface area contributed by atoms with Gasteiger partial charge in [-0.2, -0.15) is 0 Å². The molecule has 0 aliphatic heterocycles. The fourth-order valence-corrected chi connectivity index (χ4v) is 2.88. The van der Waals surface area contributed by atoms with Crippen LogP contribution >= 0.6 is 0 Å². The van der Waals surface area contributed by atoms with Gasteiger partial charge in [0.05, 0.1) is 0 Å². The molecule has 2 atom stereocenters. The number of rotatable bonds is 3. The quantitative estimate of drug-likeness (QED) is 0.841. The standard InChI is InChI=1S/C15H22FN/c1-3-17-15-7-5-4-6-13(15)12-9-8-11(2)14(16)10-12/h8-10,13,15,17H,3-7H2,1-2H3. The van der Waals surface area contributed by atoms with Crippen molar-refractivity contribution in [3.8, 4) is 0 Å². The number of hydrogen-bond acceptors (Lipinski definition) is 1. The smallest absolute Gasteiger partial charge is 0.126 e. The molecule has 2 heteroatoms. The van der Waals surface area contributed by atoms with Gasteiger partial charge in [-0.25, -0.2) is 4.39 Å². The molecule has 0 saturated heterocycles. The zero-order valence-electron chi connectivity index (χ0n) is 10.8. The van der Waals surface area contributed by atoms with Crippen LogP contribution in [-0.2, 0) is 0 Å². The normalized spacial score (nSPS) is 24.9. The number of halogens is 1. The lowest BCUT2D eigenvalue weighted by atomic mass is 9.80. The van der Waals surface area contributed by atoms with Gasteiger partial charge in [0.1, 0.15) is 5.82 Å². The van der Waals surface area contributed by atoms with Crippen molar-refractivity contribution >= 4 is 0 Å². The predicted molar refractivity (Wildman–Crippen MR) is 69.8 cm³/mol. The lowest BCUT2D eigenvalue weighted by Crippen LogP contribution is -2.37. The lowest BCUT2D eigenvalue weighted by Gasteiger charge is -2.32. The van der Waals surface area contributed by atoms with E-state index in [0.717, 1.165) is 12.1 Å². The molecule has 0 spiro atoms. The SMILES string of the molecule is CCNC1CCCCC1c1ccc(C)c(F)c1. The molecule has 2 unspecified atom stereocenters. The van der Waals surface area contributed by atoms with Crippen LogP contribution in [0.2, 0.25) is 0 Å². The molecule has 1 aliphatic rings. The van der Waals surface area contributed by atoms with Crippen molar-refractivity contribution in [2.75, 3.05) is 6.54 Å². The molecule has 1 saturated carbocycles. The Kier molecular flexibility index (Phi) is 4.16. The van der Waals surface area contributed by atoms with Gasteiger partial charge in [0.25, 0.3) is 0 Å². The van der Waals surface area contributed by atoms with Crippen molar-refractivity contribution in [3.05, 3.63) is 35.1 Å². The van der Waals surface area contributed by atoms with Crippen LogP contribution in [0.15, 0.2) is 18.2 Å². The van der Waals surface area contributed by atoms with E-state index in [2.05, 4.69) is 18.3 Å². The minimum atomic E-state index is -0.0664. The van der Waals surface area contributed by atoms with Gasteiger partial charge in [-0.05, 0) is 49.4 Å². The van der Waals surface area contributed by atoms with Crippen molar-refractivity contribution in [1.29, 1.82) is 0 Å². The molecular weight excluding hydrogens is 213 g/mol. The molecule has 94 valence electrons. The summed E-state index contributed by atoms with van der Waals surface area (Å²) >= 11 is 0. The third-order valence-electron chi connectivity index (χ3n) is 3.86. The molecule has 17 heavy (non-hydrogen) atoms. The molecule has 0 aromatic heterocycles. The van der Waals surface area contributed by atoms with E-state index in [0.29, 0.717) is 12.0 Å². The average molecular weight is 235 g/mol. The third-order valence-corrected chi connectivity index (χ3v) is 3.86. The summed E-state index contributed by atoms with van der Waals surface area (Å²) in [6.45, 7) is 4.96. The molecule has 1 N–H and O–H groups in total. The van der Waals surface area contributed by atoms with Gasteiger partial charge < -0.3 is 5.32 Å². The molecule has 0 radical (unpaired) electrons. The Balaban J connectivity index is 2.20. The topological polar surface area (TPSA) is 12.0 Å². The number of hydrogen-bond donors (Lipinski definition) is 1. The second-order valence-electron chi connectivity index (χ2n) is 5.06. The summed E-state index contributed by atoms with van der Waals surface area (Å²) in [6, 6.07) is 6.26. The van der Waals surface area contributed by atoms with Crippen LogP contribution in [-0.4, -0.2) is 12.6 Å². The van der Waals surface area contributed by atoms with Crippen molar-refractivity contribution < 1.29 is 4.39 Å². The zero-order valence-corrected chi connectivity index (χ0v) is 10.8. The lowest BCUT2D eigenvalue weighted by molar-refractivity contribution is 0.332. The number of aryl methyl sites for hydroxylation is 1. The maximum absolute atomic E-state index is 13.6. The van der Waals surface area contributed by atoms with E-state index < -0.39 is 0 Å². The Morgan fingerprint density at radius 3 is 2.76 bits per heavy atom. The van der Waals surface area contributed by atoms with Gasteiger partial charge in [-0.15, -0.1) is 0 Å². The molecule has 1 fully saturated rings. The van der Waals surface area contributed by atoms with E-state index in [-0.39, 0.29) is 5.82 Å². The highest BCUT2D eigenvalue weighted by Gasteiger charge is 2.25. The van der Waals surface area contributed by atoms with Crippen LogP contribution in [0, 0.1) is 12.7 Å². The first-order valence-electron chi connectivity index (χ1n) is 6.71. The van der Waals surface area contributed by atoms with Crippen LogP contribution in [0.3, 0.4) is 0 Å². The van der Waals surface area contributed by atoms with Crippen molar-refractivity contribution in [1.82, 2.24) is 5.32 Å². The summed E-state index contributed by atoms with van der Waals surface area (Å²) in [5.41, 5.74) is 1.91. The molecular formula is C15H22FN. The third kappa shape index (κ3) is 2.86. The van der Waals surface area contributed by atoms with Crippen molar-refractivity contribution in [2.24, 2.45) is 0 Å². The predicted octanol–water partition coefficient (Wildman–Crippen LogP) is 3.77. The minimum absolute atomic E-state index is 0.0664. The first-order chi connectivity index (χ1) is 8.22. The summed E-state index contributed by atoms with van der Waals surface area (Å²) in [6.07, 6.45) is 4.96. The van der Waals surface area contributed by atoms with Crippen molar-refractivity contribution in [2.45, 2.75) is 51.5 Å². The van der Waals surface area contributed by atoms with Gasteiger partial charge in [0, 0.05) is 6.04 Å². The number of likely N-dealkylation sites (N-methyl/N-ethyl adjacent to an activating group) is 1. The van der Waals surface area contributed by atoms with Gasteiger partial charge in [-0.3, -0.25) is 0 Å². The van der Waals surface area contributed by atoms with Crippen LogP contribution in [0.4, 0.5) is 4.39 Å².